The van der Waals surface area contributed by atoms with Gasteiger partial charge >= 0.3 is 0 Å². The van der Waals surface area contributed by atoms with Gasteiger partial charge in [-0.15, -0.1) is 0 Å². The molecule has 1 aliphatic carbocycles. The lowest BCUT2D eigenvalue weighted by molar-refractivity contribution is -0.384. The van der Waals surface area contributed by atoms with E-state index in [0.717, 1.165) is 25.9 Å². The molecule has 19 heavy (non-hydrogen) atoms. The number of rotatable bonds is 3. The molecular weight excluding hydrogens is 268 g/mol. The smallest absolute Gasteiger partial charge is 0.271 e. The van der Waals surface area contributed by atoms with Crippen LogP contribution in [0.4, 0.5) is 5.69 Å². The second-order valence-electron chi connectivity index (χ2n) is 5.26. The molecule has 1 heterocycles. The summed E-state index contributed by atoms with van der Waals surface area (Å²) >= 11 is 6.03. The van der Waals surface area contributed by atoms with Crippen molar-refractivity contribution in [2.75, 3.05) is 13.1 Å². The van der Waals surface area contributed by atoms with E-state index in [1.54, 1.807) is 6.07 Å². The van der Waals surface area contributed by atoms with E-state index < -0.39 is 4.92 Å². The lowest BCUT2D eigenvalue weighted by atomic mass is 10.0. The Morgan fingerprint density at radius 1 is 1.32 bits per heavy atom. The molecular formula is C13H15ClN2O3. The highest BCUT2D eigenvalue weighted by Gasteiger charge is 2.38. The molecule has 2 fully saturated rings. The Kier molecular flexibility index (Phi) is 3.33. The van der Waals surface area contributed by atoms with Crippen molar-refractivity contribution in [1.29, 1.82) is 0 Å². The van der Waals surface area contributed by atoms with Crippen molar-refractivity contribution in [3.63, 3.8) is 0 Å². The number of fused-ring (bicyclic) bond motifs is 1. The van der Waals surface area contributed by atoms with Crippen LogP contribution in [0, 0.1) is 22.0 Å². The zero-order chi connectivity index (χ0) is 13.4. The van der Waals surface area contributed by atoms with Crippen molar-refractivity contribution >= 4 is 17.3 Å². The second kappa shape index (κ2) is 4.98. The van der Waals surface area contributed by atoms with Crippen molar-refractivity contribution in [3.05, 3.63) is 33.3 Å². The first-order chi connectivity index (χ1) is 9.13. The van der Waals surface area contributed by atoms with Crippen LogP contribution in [0.25, 0.3) is 0 Å². The van der Waals surface area contributed by atoms with Crippen molar-refractivity contribution in [1.82, 2.24) is 5.32 Å². The molecule has 3 rings (SSSR count). The van der Waals surface area contributed by atoms with Crippen LogP contribution in [0.1, 0.15) is 12.8 Å². The molecule has 1 aromatic carbocycles. The number of nitrogens with zero attached hydrogens (tertiary/aromatic N) is 1. The fourth-order valence-electron chi connectivity index (χ4n) is 3.09. The number of non-ortho nitro benzene ring substituents is 1. The molecule has 2 atom stereocenters. The number of hydrogen-bond donors (Lipinski definition) is 1. The molecule has 6 heteroatoms. The lowest BCUT2D eigenvalue weighted by Gasteiger charge is -2.15. The summed E-state index contributed by atoms with van der Waals surface area (Å²) in [6.45, 7) is 2.14. The lowest BCUT2D eigenvalue weighted by Crippen LogP contribution is -2.18. The predicted molar refractivity (Wildman–Crippen MR) is 71.6 cm³/mol. The van der Waals surface area contributed by atoms with Crippen LogP contribution in [0.15, 0.2) is 18.2 Å². The fraction of sp³-hybridized carbons (Fsp3) is 0.538. The fourth-order valence-corrected chi connectivity index (χ4v) is 3.30. The van der Waals surface area contributed by atoms with Crippen LogP contribution in [0.2, 0.25) is 5.02 Å². The minimum absolute atomic E-state index is 0.00941. The molecule has 0 radical (unpaired) electrons. The molecule has 1 saturated heterocycles. The summed E-state index contributed by atoms with van der Waals surface area (Å²) < 4.78 is 5.89. The first-order valence-electron chi connectivity index (χ1n) is 6.45. The molecule has 0 spiro atoms. The summed E-state index contributed by atoms with van der Waals surface area (Å²) in [5.41, 5.74) is -0.00941. The van der Waals surface area contributed by atoms with E-state index in [9.17, 15) is 10.1 Å². The van der Waals surface area contributed by atoms with Crippen molar-refractivity contribution in [2.24, 2.45) is 11.8 Å². The number of benzene rings is 1. The Morgan fingerprint density at radius 2 is 2.00 bits per heavy atom. The number of nitro benzene ring substituents is 1. The van der Waals surface area contributed by atoms with Crippen LogP contribution in [0.5, 0.6) is 5.75 Å². The molecule has 0 amide bonds. The third kappa shape index (κ3) is 2.53. The maximum Gasteiger partial charge on any atom is 0.271 e. The van der Waals surface area contributed by atoms with Crippen LogP contribution in [-0.4, -0.2) is 24.1 Å². The normalized spacial score (nSPS) is 29.2. The van der Waals surface area contributed by atoms with E-state index in [1.807, 2.05) is 0 Å². The summed E-state index contributed by atoms with van der Waals surface area (Å²) in [4.78, 5) is 10.2. The molecule has 5 nitrogen and oxygen atoms in total. The van der Waals surface area contributed by atoms with Gasteiger partial charge in [0.1, 0.15) is 5.75 Å². The van der Waals surface area contributed by atoms with Gasteiger partial charge in [0.15, 0.2) is 0 Å². The summed E-state index contributed by atoms with van der Waals surface area (Å²) in [7, 11) is 0. The minimum atomic E-state index is -0.457. The van der Waals surface area contributed by atoms with Gasteiger partial charge in [-0.25, -0.2) is 0 Å². The van der Waals surface area contributed by atoms with Crippen molar-refractivity contribution in [3.8, 4) is 5.75 Å². The Bertz CT molecular complexity index is 497. The van der Waals surface area contributed by atoms with Gasteiger partial charge in [-0.1, -0.05) is 11.6 Å². The van der Waals surface area contributed by atoms with Crippen LogP contribution >= 0.6 is 11.6 Å². The summed E-state index contributed by atoms with van der Waals surface area (Å²) in [5.74, 6) is 1.94. The van der Waals surface area contributed by atoms with Crippen LogP contribution < -0.4 is 10.1 Å². The number of nitrogens with one attached hydrogen (secondary N) is 1. The Hall–Kier alpha value is -1.33. The molecule has 2 aliphatic rings. The molecule has 1 aliphatic heterocycles. The Labute approximate surface area is 116 Å². The number of nitro groups is 1. The van der Waals surface area contributed by atoms with Crippen molar-refractivity contribution < 1.29 is 9.66 Å². The van der Waals surface area contributed by atoms with E-state index >= 15 is 0 Å². The molecule has 1 aromatic rings. The average molecular weight is 283 g/mol. The van der Waals surface area contributed by atoms with Gasteiger partial charge in [0.05, 0.1) is 16.0 Å². The molecule has 1 saturated carbocycles. The third-order valence-corrected chi connectivity index (χ3v) is 4.33. The van der Waals surface area contributed by atoms with E-state index in [4.69, 9.17) is 16.3 Å². The highest BCUT2D eigenvalue weighted by Crippen LogP contribution is 2.38. The highest BCUT2D eigenvalue weighted by molar-refractivity contribution is 6.32. The molecule has 102 valence electrons. The van der Waals surface area contributed by atoms with Gasteiger partial charge in [0.2, 0.25) is 0 Å². The largest absolute Gasteiger partial charge is 0.489 e. The molecule has 2 unspecified atom stereocenters. The number of hydrogen-bond acceptors (Lipinski definition) is 4. The number of halogens is 1. The monoisotopic (exact) mass is 282 g/mol. The maximum atomic E-state index is 10.6. The predicted octanol–water partition coefficient (Wildman–Crippen LogP) is 2.63. The standard InChI is InChI=1S/C13H15ClN2O3/c14-12-5-10(16(17)18)1-2-13(12)19-11-3-8-6-15-7-9(8)4-11/h1-2,5,8-9,11,15H,3-4,6-7H2. The number of ether oxygens (including phenoxy) is 1. The van der Waals surface area contributed by atoms with E-state index in [1.165, 1.54) is 12.1 Å². The van der Waals surface area contributed by atoms with Gasteiger partial charge < -0.3 is 10.1 Å². The van der Waals surface area contributed by atoms with Crippen molar-refractivity contribution in [2.45, 2.75) is 18.9 Å². The Morgan fingerprint density at radius 3 is 2.58 bits per heavy atom. The Balaban J connectivity index is 1.69. The summed E-state index contributed by atoms with van der Waals surface area (Å²) in [5, 5.41) is 14.3. The average Bonchev–Trinajstić information content (AvgIpc) is 2.92. The van der Waals surface area contributed by atoms with Crippen LogP contribution in [-0.2, 0) is 0 Å². The molecule has 0 bridgehead atoms. The zero-order valence-electron chi connectivity index (χ0n) is 10.3. The second-order valence-corrected chi connectivity index (χ2v) is 5.67. The van der Waals surface area contributed by atoms with Crippen LogP contribution in [0.3, 0.4) is 0 Å². The minimum Gasteiger partial charge on any atom is -0.489 e. The first-order valence-corrected chi connectivity index (χ1v) is 6.82. The van der Waals surface area contributed by atoms with Gasteiger partial charge in [-0.05, 0) is 43.8 Å². The van der Waals surface area contributed by atoms with Gasteiger partial charge in [0, 0.05) is 12.1 Å². The maximum absolute atomic E-state index is 10.6. The quantitative estimate of drug-likeness (QED) is 0.684. The van der Waals surface area contributed by atoms with Gasteiger partial charge in [-0.2, -0.15) is 0 Å². The zero-order valence-corrected chi connectivity index (χ0v) is 11.1. The highest BCUT2D eigenvalue weighted by atomic mass is 35.5. The van der Waals surface area contributed by atoms with E-state index in [2.05, 4.69) is 5.32 Å². The summed E-state index contributed by atoms with van der Waals surface area (Å²) in [6.07, 6.45) is 2.24. The molecule has 1 N–H and O–H groups in total. The molecule has 0 aromatic heterocycles. The topological polar surface area (TPSA) is 64.4 Å². The van der Waals surface area contributed by atoms with Gasteiger partial charge in [-0.3, -0.25) is 10.1 Å². The first kappa shape index (κ1) is 12.7. The SMILES string of the molecule is O=[N+]([O-])c1ccc(OC2CC3CNCC3C2)c(Cl)c1. The van der Waals surface area contributed by atoms with E-state index in [-0.39, 0.29) is 11.8 Å². The van der Waals surface area contributed by atoms with E-state index in [0.29, 0.717) is 22.6 Å². The third-order valence-electron chi connectivity index (χ3n) is 4.03. The summed E-state index contributed by atoms with van der Waals surface area (Å²) in [6, 6.07) is 4.36. The van der Waals surface area contributed by atoms with Gasteiger partial charge in [0.25, 0.3) is 5.69 Å².